The lowest BCUT2D eigenvalue weighted by Crippen LogP contribution is -1.85. The van der Waals surface area contributed by atoms with E-state index < -0.39 is 34.5 Å². The summed E-state index contributed by atoms with van der Waals surface area (Å²) in [5, 5.41) is 63.3. The third-order valence-corrected chi connectivity index (χ3v) is 2.78. The van der Waals surface area contributed by atoms with Crippen molar-refractivity contribution in [3.63, 3.8) is 0 Å². The molecule has 0 saturated heterocycles. The Labute approximate surface area is 124 Å². The molecule has 0 aliphatic rings. The Hall–Kier alpha value is -3.42. The van der Waals surface area contributed by atoms with Crippen LogP contribution in [0.5, 0.6) is 34.5 Å². The molecule has 8 heteroatoms. The number of phenolic OH excluding ortho intramolecular Hbond substituents is 6. The fourth-order valence-electron chi connectivity index (χ4n) is 1.57. The van der Waals surface area contributed by atoms with Gasteiger partial charge in [0.05, 0.1) is 12.4 Å². The molecule has 0 saturated carbocycles. The van der Waals surface area contributed by atoms with E-state index in [0.29, 0.717) is 0 Å². The lowest BCUT2D eigenvalue weighted by Gasteiger charge is -2.03. The monoisotopic (exact) mass is 304 g/mol. The van der Waals surface area contributed by atoms with E-state index in [9.17, 15) is 20.4 Å². The number of phenols is 6. The minimum Gasteiger partial charge on any atom is -0.504 e. The second-order valence-corrected chi connectivity index (χ2v) is 4.23. The van der Waals surface area contributed by atoms with Crippen molar-refractivity contribution < 1.29 is 30.6 Å². The standard InChI is InChI=1S/C14H12N2O6/c17-9-3-1-7(11(19)13(9)21)5-15-16-6-8-2-4-10(18)14(22)12(8)20/h1-6,17-22H/b15-5-,16-6+. The van der Waals surface area contributed by atoms with Gasteiger partial charge in [0.1, 0.15) is 0 Å². The van der Waals surface area contributed by atoms with Gasteiger partial charge < -0.3 is 30.6 Å². The molecule has 0 atom stereocenters. The molecule has 0 aliphatic carbocycles. The molecule has 0 spiro atoms. The SMILES string of the molecule is Oc1ccc(/C=N\N=C\c2ccc(O)c(O)c2O)c(O)c1O. The topological polar surface area (TPSA) is 146 Å². The van der Waals surface area contributed by atoms with E-state index in [1.807, 2.05) is 0 Å². The maximum Gasteiger partial charge on any atom is 0.200 e. The van der Waals surface area contributed by atoms with Crippen LogP contribution in [0.2, 0.25) is 0 Å². The molecule has 2 rings (SSSR count). The number of hydrogen-bond donors (Lipinski definition) is 6. The Morgan fingerprint density at radius 1 is 0.545 bits per heavy atom. The van der Waals surface area contributed by atoms with E-state index >= 15 is 0 Å². The summed E-state index contributed by atoms with van der Waals surface area (Å²) in [6.45, 7) is 0. The molecule has 0 fully saturated rings. The normalized spacial score (nSPS) is 11.5. The molecule has 8 nitrogen and oxygen atoms in total. The van der Waals surface area contributed by atoms with Crippen LogP contribution in [0.1, 0.15) is 11.1 Å². The summed E-state index contributed by atoms with van der Waals surface area (Å²) in [6.07, 6.45) is 2.23. The van der Waals surface area contributed by atoms with E-state index in [0.717, 1.165) is 12.4 Å². The van der Waals surface area contributed by atoms with Crippen LogP contribution in [0.25, 0.3) is 0 Å². The highest BCUT2D eigenvalue weighted by molar-refractivity contribution is 5.88. The smallest absolute Gasteiger partial charge is 0.200 e. The Bertz CT molecular complexity index is 705. The molecule has 22 heavy (non-hydrogen) atoms. The van der Waals surface area contributed by atoms with E-state index in [1.165, 1.54) is 24.3 Å². The quantitative estimate of drug-likeness (QED) is 0.287. The Morgan fingerprint density at radius 2 is 0.909 bits per heavy atom. The van der Waals surface area contributed by atoms with E-state index in [-0.39, 0.29) is 11.1 Å². The fraction of sp³-hybridized carbons (Fsp3) is 0. The zero-order valence-electron chi connectivity index (χ0n) is 11.0. The summed E-state index contributed by atoms with van der Waals surface area (Å²) in [6, 6.07) is 4.97. The van der Waals surface area contributed by atoms with Crippen LogP contribution in [0, 0.1) is 0 Å². The second kappa shape index (κ2) is 5.92. The summed E-state index contributed by atoms with van der Waals surface area (Å²) in [7, 11) is 0. The maximum absolute atomic E-state index is 9.55. The van der Waals surface area contributed by atoms with Crippen molar-refractivity contribution in [3.05, 3.63) is 35.4 Å². The van der Waals surface area contributed by atoms with Crippen molar-refractivity contribution in [3.8, 4) is 34.5 Å². The number of aromatic hydroxyl groups is 6. The van der Waals surface area contributed by atoms with Crippen LogP contribution in [-0.4, -0.2) is 43.1 Å². The molecule has 0 radical (unpaired) electrons. The maximum atomic E-state index is 9.55. The largest absolute Gasteiger partial charge is 0.504 e. The molecule has 0 amide bonds. The summed E-state index contributed by atoms with van der Waals surface area (Å²) in [5.41, 5.74) is 0.232. The molecular formula is C14H12N2O6. The van der Waals surface area contributed by atoms with Gasteiger partial charge in [-0.1, -0.05) is 0 Å². The first-order valence-corrected chi connectivity index (χ1v) is 5.96. The van der Waals surface area contributed by atoms with Gasteiger partial charge in [0, 0.05) is 11.1 Å². The second-order valence-electron chi connectivity index (χ2n) is 4.23. The number of hydrogen-bond acceptors (Lipinski definition) is 8. The summed E-state index contributed by atoms with van der Waals surface area (Å²) in [4.78, 5) is 0. The van der Waals surface area contributed by atoms with Gasteiger partial charge in [0.2, 0.25) is 11.5 Å². The molecule has 0 unspecified atom stereocenters. The molecule has 2 aromatic carbocycles. The molecule has 114 valence electrons. The third kappa shape index (κ3) is 2.85. The minimum atomic E-state index is -0.672. The first kappa shape index (κ1) is 15.0. The van der Waals surface area contributed by atoms with Gasteiger partial charge in [-0.3, -0.25) is 0 Å². The highest BCUT2D eigenvalue weighted by Gasteiger charge is 2.10. The van der Waals surface area contributed by atoms with Crippen LogP contribution in [0.15, 0.2) is 34.5 Å². The number of benzene rings is 2. The lowest BCUT2D eigenvalue weighted by atomic mass is 10.2. The molecule has 6 N–H and O–H groups in total. The van der Waals surface area contributed by atoms with Gasteiger partial charge in [-0.2, -0.15) is 10.2 Å². The average molecular weight is 304 g/mol. The van der Waals surface area contributed by atoms with Crippen LogP contribution in [-0.2, 0) is 0 Å². The zero-order chi connectivity index (χ0) is 16.3. The first-order chi connectivity index (χ1) is 10.4. The lowest BCUT2D eigenvalue weighted by molar-refractivity contribution is 0.367. The third-order valence-electron chi connectivity index (χ3n) is 2.78. The van der Waals surface area contributed by atoms with Crippen molar-refractivity contribution in [2.75, 3.05) is 0 Å². The van der Waals surface area contributed by atoms with E-state index in [1.54, 1.807) is 0 Å². The van der Waals surface area contributed by atoms with E-state index in [4.69, 9.17) is 10.2 Å². The Balaban J connectivity index is 2.20. The van der Waals surface area contributed by atoms with E-state index in [2.05, 4.69) is 10.2 Å². The van der Waals surface area contributed by atoms with Gasteiger partial charge in [0.25, 0.3) is 0 Å². The molecular weight excluding hydrogens is 292 g/mol. The van der Waals surface area contributed by atoms with Gasteiger partial charge in [-0.15, -0.1) is 0 Å². The predicted molar refractivity (Wildman–Crippen MR) is 78.1 cm³/mol. The molecule has 0 aromatic heterocycles. The first-order valence-electron chi connectivity index (χ1n) is 5.96. The van der Waals surface area contributed by atoms with Gasteiger partial charge in [-0.05, 0) is 24.3 Å². The van der Waals surface area contributed by atoms with Crippen LogP contribution >= 0.6 is 0 Å². The van der Waals surface area contributed by atoms with Crippen molar-refractivity contribution in [1.82, 2.24) is 0 Å². The summed E-state index contributed by atoms with van der Waals surface area (Å²) in [5.74, 6) is -3.39. The molecule has 2 aromatic rings. The van der Waals surface area contributed by atoms with Gasteiger partial charge in [-0.25, -0.2) is 0 Å². The van der Waals surface area contributed by atoms with Gasteiger partial charge in [0.15, 0.2) is 23.0 Å². The minimum absolute atomic E-state index is 0.116. The number of nitrogens with zero attached hydrogens (tertiary/aromatic N) is 2. The molecule has 0 heterocycles. The van der Waals surface area contributed by atoms with Crippen molar-refractivity contribution in [2.24, 2.45) is 10.2 Å². The van der Waals surface area contributed by atoms with Crippen LogP contribution < -0.4 is 0 Å². The zero-order valence-corrected chi connectivity index (χ0v) is 11.0. The van der Waals surface area contributed by atoms with Crippen LogP contribution in [0.4, 0.5) is 0 Å². The Morgan fingerprint density at radius 3 is 1.27 bits per heavy atom. The van der Waals surface area contributed by atoms with Crippen molar-refractivity contribution in [2.45, 2.75) is 0 Å². The predicted octanol–water partition coefficient (Wildman–Crippen LogP) is 1.37. The molecule has 0 bridgehead atoms. The van der Waals surface area contributed by atoms with Crippen molar-refractivity contribution >= 4 is 12.4 Å². The summed E-state index contributed by atoms with van der Waals surface area (Å²) >= 11 is 0. The fourth-order valence-corrected chi connectivity index (χ4v) is 1.57. The van der Waals surface area contributed by atoms with Gasteiger partial charge >= 0.3 is 0 Å². The average Bonchev–Trinajstić information content (AvgIpc) is 2.50. The highest BCUT2D eigenvalue weighted by atomic mass is 16.3. The summed E-state index contributed by atoms with van der Waals surface area (Å²) < 4.78 is 0. The molecule has 0 aliphatic heterocycles. The van der Waals surface area contributed by atoms with Crippen LogP contribution in [0.3, 0.4) is 0 Å². The highest BCUT2D eigenvalue weighted by Crippen LogP contribution is 2.37. The Kier molecular flexibility index (Phi) is 4.03. The number of rotatable bonds is 3. The van der Waals surface area contributed by atoms with Crippen molar-refractivity contribution in [1.29, 1.82) is 0 Å².